The lowest BCUT2D eigenvalue weighted by Gasteiger charge is -2.27. The molecule has 1 heterocycles. The van der Waals surface area contributed by atoms with E-state index in [4.69, 9.17) is 14.5 Å². The van der Waals surface area contributed by atoms with Crippen LogP contribution in [-0.4, -0.2) is 36.3 Å². The van der Waals surface area contributed by atoms with Gasteiger partial charge in [-0.2, -0.15) is 0 Å². The number of carboxylic acids is 1. The Bertz CT molecular complexity index is 420. The topological polar surface area (TPSA) is 76.0 Å². The molecule has 2 N–H and O–H groups in total. The number of aromatic carboxylic acids is 1. The Hall–Kier alpha value is -1.53. The highest BCUT2D eigenvalue weighted by atomic mass is 16.6. The predicted octanol–water partition coefficient (Wildman–Crippen LogP) is 0.354. The fourth-order valence-electron chi connectivity index (χ4n) is 1.77. The second-order valence-electron chi connectivity index (χ2n) is 3.59. The van der Waals surface area contributed by atoms with Crippen molar-refractivity contribution in [3.63, 3.8) is 0 Å². The molecule has 0 unspecified atom stereocenters. The van der Waals surface area contributed by atoms with E-state index in [0.717, 1.165) is 5.56 Å². The van der Waals surface area contributed by atoms with E-state index in [1.807, 2.05) is 0 Å². The van der Waals surface area contributed by atoms with Crippen LogP contribution >= 0.6 is 0 Å². The van der Waals surface area contributed by atoms with Crippen LogP contribution in [0.3, 0.4) is 0 Å². The van der Waals surface area contributed by atoms with Crippen molar-refractivity contribution in [1.82, 2.24) is 0 Å². The molecule has 1 aliphatic heterocycles. The molecular formula is C10H11BO5. The van der Waals surface area contributed by atoms with Crippen LogP contribution in [0.25, 0.3) is 0 Å². The Kier molecular flexibility index (Phi) is 2.85. The number of fused-ring (bicyclic) bond motifs is 1. The van der Waals surface area contributed by atoms with E-state index < -0.39 is 19.1 Å². The summed E-state index contributed by atoms with van der Waals surface area (Å²) in [4.78, 5) is 10.9. The third-order valence-corrected chi connectivity index (χ3v) is 2.61. The van der Waals surface area contributed by atoms with E-state index in [2.05, 4.69) is 0 Å². The van der Waals surface area contributed by atoms with Gasteiger partial charge in [-0.05, 0) is 11.6 Å². The van der Waals surface area contributed by atoms with Crippen LogP contribution in [-0.2, 0) is 11.2 Å². The molecule has 84 valence electrons. The highest BCUT2D eigenvalue weighted by Gasteiger charge is 2.36. The van der Waals surface area contributed by atoms with E-state index in [-0.39, 0.29) is 11.3 Å². The standard InChI is InChI=1S/C10H11BO5/c1-15-8-5-6-3-2-4-7(10(12)13)9(6)16-11(8)14/h2-4,8,14H,5H2,1H3,(H,12,13)/t8-/m0/s1. The van der Waals surface area contributed by atoms with Crippen LogP contribution in [0.5, 0.6) is 5.75 Å². The lowest BCUT2D eigenvalue weighted by molar-refractivity contribution is 0.0692. The smallest absolute Gasteiger partial charge is 0.534 e. The highest BCUT2D eigenvalue weighted by Crippen LogP contribution is 2.30. The van der Waals surface area contributed by atoms with E-state index in [9.17, 15) is 9.82 Å². The molecule has 1 aromatic rings. The molecule has 0 amide bonds. The molecule has 0 fully saturated rings. The number of para-hydroxylation sites is 1. The summed E-state index contributed by atoms with van der Waals surface area (Å²) < 4.78 is 10.2. The van der Waals surface area contributed by atoms with E-state index in [1.54, 1.807) is 12.1 Å². The first-order chi connectivity index (χ1) is 7.63. The van der Waals surface area contributed by atoms with Crippen molar-refractivity contribution in [3.8, 4) is 5.75 Å². The Labute approximate surface area is 92.8 Å². The second kappa shape index (κ2) is 4.15. The van der Waals surface area contributed by atoms with Gasteiger partial charge in [0.05, 0.1) is 5.56 Å². The van der Waals surface area contributed by atoms with E-state index >= 15 is 0 Å². The van der Waals surface area contributed by atoms with Crippen LogP contribution in [0.1, 0.15) is 15.9 Å². The number of rotatable bonds is 2. The zero-order chi connectivity index (χ0) is 11.7. The number of benzene rings is 1. The Morgan fingerprint density at radius 2 is 2.38 bits per heavy atom. The molecule has 1 atom stereocenters. The molecule has 2 rings (SSSR count). The maximum atomic E-state index is 10.9. The summed E-state index contributed by atoms with van der Waals surface area (Å²) in [6.45, 7) is 0. The Morgan fingerprint density at radius 1 is 1.62 bits per heavy atom. The van der Waals surface area contributed by atoms with Gasteiger partial charge in [-0.15, -0.1) is 0 Å². The minimum absolute atomic E-state index is 0.0612. The van der Waals surface area contributed by atoms with Gasteiger partial charge < -0.3 is 19.5 Å². The zero-order valence-corrected chi connectivity index (χ0v) is 8.71. The van der Waals surface area contributed by atoms with Crippen LogP contribution in [0.15, 0.2) is 18.2 Å². The van der Waals surface area contributed by atoms with Crippen molar-refractivity contribution in [2.24, 2.45) is 0 Å². The number of carboxylic acid groups (broad SMARTS) is 1. The van der Waals surface area contributed by atoms with Gasteiger partial charge in [0.15, 0.2) is 0 Å². The van der Waals surface area contributed by atoms with Gasteiger partial charge in [0.1, 0.15) is 11.8 Å². The first-order valence-corrected chi connectivity index (χ1v) is 4.86. The van der Waals surface area contributed by atoms with E-state index in [1.165, 1.54) is 13.2 Å². The average Bonchev–Trinajstić information content (AvgIpc) is 2.27. The normalized spacial score (nSPS) is 18.9. The predicted molar refractivity (Wildman–Crippen MR) is 56.5 cm³/mol. The van der Waals surface area contributed by atoms with Gasteiger partial charge >= 0.3 is 13.1 Å². The SMILES string of the molecule is CO[C@H]1Cc2cccc(C(=O)O)c2OB1O. The molecule has 5 nitrogen and oxygen atoms in total. The van der Waals surface area contributed by atoms with Gasteiger partial charge in [-0.3, -0.25) is 0 Å². The summed E-state index contributed by atoms with van der Waals surface area (Å²) >= 11 is 0. The monoisotopic (exact) mass is 222 g/mol. The molecule has 1 aliphatic rings. The van der Waals surface area contributed by atoms with Crippen molar-refractivity contribution in [3.05, 3.63) is 29.3 Å². The quantitative estimate of drug-likeness (QED) is 0.706. The fourth-order valence-corrected chi connectivity index (χ4v) is 1.77. The second-order valence-corrected chi connectivity index (χ2v) is 3.59. The van der Waals surface area contributed by atoms with Crippen molar-refractivity contribution in [2.45, 2.75) is 12.4 Å². The number of methoxy groups -OCH3 is 1. The average molecular weight is 222 g/mol. The molecule has 6 heteroatoms. The Morgan fingerprint density at radius 3 is 3.00 bits per heavy atom. The first-order valence-electron chi connectivity index (χ1n) is 4.86. The van der Waals surface area contributed by atoms with Gasteiger partial charge in [0, 0.05) is 13.5 Å². The molecule has 0 spiro atoms. The minimum Gasteiger partial charge on any atom is -0.534 e. The summed E-state index contributed by atoms with van der Waals surface area (Å²) in [5.41, 5.74) is 0.795. The van der Waals surface area contributed by atoms with Crippen LogP contribution in [0, 0.1) is 0 Å². The number of hydrogen-bond donors (Lipinski definition) is 2. The van der Waals surface area contributed by atoms with Gasteiger partial charge in [-0.1, -0.05) is 12.1 Å². The Balaban J connectivity index is 2.42. The largest absolute Gasteiger partial charge is 0.554 e. The van der Waals surface area contributed by atoms with Crippen LogP contribution < -0.4 is 4.65 Å². The lowest BCUT2D eigenvalue weighted by atomic mass is 9.74. The molecule has 0 aromatic heterocycles. The van der Waals surface area contributed by atoms with Crippen LogP contribution in [0.4, 0.5) is 0 Å². The summed E-state index contributed by atoms with van der Waals surface area (Å²) in [5.74, 6) is -0.837. The van der Waals surface area contributed by atoms with Crippen molar-refractivity contribution < 1.29 is 24.3 Å². The maximum absolute atomic E-state index is 10.9. The minimum atomic E-state index is -1.13. The summed E-state index contributed by atoms with van der Waals surface area (Å²) in [5, 5.41) is 18.5. The lowest BCUT2D eigenvalue weighted by Crippen LogP contribution is -2.43. The van der Waals surface area contributed by atoms with Crippen molar-refractivity contribution in [2.75, 3.05) is 7.11 Å². The molecular weight excluding hydrogens is 211 g/mol. The van der Waals surface area contributed by atoms with Gasteiger partial charge in [-0.25, -0.2) is 4.79 Å². The molecule has 16 heavy (non-hydrogen) atoms. The molecule has 0 bridgehead atoms. The number of hydrogen-bond acceptors (Lipinski definition) is 4. The molecule has 0 saturated heterocycles. The van der Waals surface area contributed by atoms with Crippen molar-refractivity contribution in [1.29, 1.82) is 0 Å². The molecule has 1 aromatic carbocycles. The fraction of sp³-hybridized carbons (Fsp3) is 0.300. The van der Waals surface area contributed by atoms with Crippen molar-refractivity contribution >= 4 is 13.1 Å². The molecule has 0 radical (unpaired) electrons. The number of carbonyl (C=O) groups is 1. The van der Waals surface area contributed by atoms with Crippen LogP contribution in [0.2, 0.25) is 0 Å². The first kappa shape index (κ1) is 11.0. The highest BCUT2D eigenvalue weighted by molar-refractivity contribution is 6.46. The van der Waals surface area contributed by atoms with Gasteiger partial charge in [0.25, 0.3) is 0 Å². The summed E-state index contributed by atoms with van der Waals surface area (Å²) in [7, 11) is 0.349. The third-order valence-electron chi connectivity index (χ3n) is 2.61. The maximum Gasteiger partial charge on any atom is 0.554 e. The van der Waals surface area contributed by atoms with Gasteiger partial charge in [0.2, 0.25) is 0 Å². The molecule has 0 aliphatic carbocycles. The summed E-state index contributed by atoms with van der Waals surface area (Å²) in [6, 6.07) is 4.40. The third kappa shape index (κ3) is 1.77. The zero-order valence-electron chi connectivity index (χ0n) is 8.71. The summed E-state index contributed by atoms with van der Waals surface area (Å²) in [6.07, 6.45) is 0.439. The van der Waals surface area contributed by atoms with E-state index in [0.29, 0.717) is 6.42 Å². The molecule has 0 saturated carbocycles. The number of ether oxygens (including phenoxy) is 1.